The number of rotatable bonds is 7. The second-order valence-electron chi connectivity index (χ2n) is 5.08. The highest BCUT2D eigenvalue weighted by atomic mass is 16.6. The molecule has 0 unspecified atom stereocenters. The van der Waals surface area contributed by atoms with Gasteiger partial charge in [0.1, 0.15) is 12.4 Å². The number of aryl methyl sites for hydroxylation is 1. The predicted molar refractivity (Wildman–Crippen MR) is 86.5 cm³/mol. The number of carbonyl (C=O) groups excluding carboxylic acids is 1. The van der Waals surface area contributed by atoms with Crippen LogP contribution in [-0.4, -0.2) is 24.0 Å². The summed E-state index contributed by atoms with van der Waals surface area (Å²) < 4.78 is 5.53. The van der Waals surface area contributed by atoms with Gasteiger partial charge in [-0.15, -0.1) is 0 Å². The molecule has 2 aromatic carbocycles. The van der Waals surface area contributed by atoms with Crippen LogP contribution in [0.3, 0.4) is 0 Å². The standard InChI is InChI=1S/C17H18N2O4/c1-13-5-4-7-15(11-13)23-10-9-18-17(20)12-14-6-2-3-8-16(14)19(21)22/h2-8,11H,9-10,12H2,1H3,(H,18,20). The van der Waals surface area contributed by atoms with Gasteiger partial charge in [-0.05, 0) is 24.6 Å². The van der Waals surface area contributed by atoms with E-state index in [2.05, 4.69) is 5.32 Å². The van der Waals surface area contributed by atoms with E-state index >= 15 is 0 Å². The molecule has 0 aliphatic heterocycles. The van der Waals surface area contributed by atoms with Gasteiger partial charge in [0, 0.05) is 11.6 Å². The molecular weight excluding hydrogens is 296 g/mol. The molecule has 0 heterocycles. The van der Waals surface area contributed by atoms with E-state index < -0.39 is 4.92 Å². The summed E-state index contributed by atoms with van der Waals surface area (Å²) in [5.74, 6) is 0.477. The van der Waals surface area contributed by atoms with E-state index in [4.69, 9.17) is 4.74 Å². The average molecular weight is 314 g/mol. The van der Waals surface area contributed by atoms with Crippen molar-refractivity contribution in [2.24, 2.45) is 0 Å². The molecule has 0 saturated heterocycles. The maximum atomic E-state index is 11.9. The number of hydrogen-bond acceptors (Lipinski definition) is 4. The lowest BCUT2D eigenvalue weighted by atomic mass is 10.1. The van der Waals surface area contributed by atoms with E-state index in [1.54, 1.807) is 18.2 Å². The summed E-state index contributed by atoms with van der Waals surface area (Å²) in [4.78, 5) is 22.3. The molecule has 0 bridgehead atoms. The van der Waals surface area contributed by atoms with Crippen molar-refractivity contribution in [3.63, 3.8) is 0 Å². The minimum atomic E-state index is -0.483. The Morgan fingerprint density at radius 1 is 1.22 bits per heavy atom. The van der Waals surface area contributed by atoms with Gasteiger partial charge in [-0.25, -0.2) is 0 Å². The first kappa shape index (κ1) is 16.5. The van der Waals surface area contributed by atoms with Gasteiger partial charge in [0.15, 0.2) is 0 Å². The van der Waals surface area contributed by atoms with Gasteiger partial charge in [0.2, 0.25) is 5.91 Å². The Morgan fingerprint density at radius 2 is 2.00 bits per heavy atom. The Kier molecular flexibility index (Phi) is 5.68. The second-order valence-corrected chi connectivity index (χ2v) is 5.08. The average Bonchev–Trinajstić information content (AvgIpc) is 2.52. The van der Waals surface area contributed by atoms with Crippen LogP contribution in [0.5, 0.6) is 5.75 Å². The number of benzene rings is 2. The third kappa shape index (κ3) is 5.10. The number of hydrogen-bond donors (Lipinski definition) is 1. The fraction of sp³-hybridized carbons (Fsp3) is 0.235. The molecule has 23 heavy (non-hydrogen) atoms. The lowest BCUT2D eigenvalue weighted by Gasteiger charge is -2.08. The lowest BCUT2D eigenvalue weighted by molar-refractivity contribution is -0.385. The van der Waals surface area contributed by atoms with E-state index in [0.717, 1.165) is 11.3 Å². The highest BCUT2D eigenvalue weighted by Gasteiger charge is 2.15. The number of para-hydroxylation sites is 1. The lowest BCUT2D eigenvalue weighted by Crippen LogP contribution is -2.29. The summed E-state index contributed by atoms with van der Waals surface area (Å²) in [6.07, 6.45) is -0.0262. The number of nitrogens with zero attached hydrogens (tertiary/aromatic N) is 1. The van der Waals surface area contributed by atoms with Crippen molar-refractivity contribution in [2.45, 2.75) is 13.3 Å². The van der Waals surface area contributed by atoms with Gasteiger partial charge in [-0.1, -0.05) is 30.3 Å². The first-order chi connectivity index (χ1) is 11.1. The molecule has 2 aromatic rings. The smallest absolute Gasteiger partial charge is 0.273 e. The molecule has 0 radical (unpaired) electrons. The van der Waals surface area contributed by atoms with E-state index in [0.29, 0.717) is 18.7 Å². The number of nitro groups is 1. The highest BCUT2D eigenvalue weighted by Crippen LogP contribution is 2.17. The molecule has 6 nitrogen and oxygen atoms in total. The van der Waals surface area contributed by atoms with E-state index in [1.165, 1.54) is 6.07 Å². The molecule has 1 amide bonds. The maximum Gasteiger partial charge on any atom is 0.273 e. The minimum absolute atomic E-state index is 0.0262. The molecule has 0 atom stereocenters. The predicted octanol–water partition coefficient (Wildman–Crippen LogP) is 2.64. The van der Waals surface area contributed by atoms with Crippen molar-refractivity contribution in [2.75, 3.05) is 13.2 Å². The molecule has 0 saturated carbocycles. The SMILES string of the molecule is Cc1cccc(OCCNC(=O)Cc2ccccc2[N+](=O)[O-])c1. The van der Waals surface area contributed by atoms with Crippen molar-refractivity contribution in [1.29, 1.82) is 0 Å². The van der Waals surface area contributed by atoms with Crippen LogP contribution in [0, 0.1) is 17.0 Å². The first-order valence-electron chi connectivity index (χ1n) is 7.25. The topological polar surface area (TPSA) is 81.5 Å². The van der Waals surface area contributed by atoms with Crippen LogP contribution in [-0.2, 0) is 11.2 Å². The van der Waals surface area contributed by atoms with Crippen LogP contribution in [0.2, 0.25) is 0 Å². The zero-order valence-electron chi connectivity index (χ0n) is 12.8. The van der Waals surface area contributed by atoms with Crippen molar-refractivity contribution in [3.8, 4) is 5.75 Å². The van der Waals surface area contributed by atoms with E-state index in [1.807, 2.05) is 31.2 Å². The van der Waals surface area contributed by atoms with Crippen LogP contribution < -0.4 is 10.1 Å². The Hall–Kier alpha value is -2.89. The van der Waals surface area contributed by atoms with Crippen LogP contribution in [0.15, 0.2) is 48.5 Å². The van der Waals surface area contributed by atoms with Crippen LogP contribution in [0.25, 0.3) is 0 Å². The van der Waals surface area contributed by atoms with Gasteiger partial charge in [0.25, 0.3) is 5.69 Å². The Balaban J connectivity index is 1.79. The summed E-state index contributed by atoms with van der Waals surface area (Å²) in [6, 6.07) is 13.9. The van der Waals surface area contributed by atoms with Gasteiger partial charge in [0.05, 0.1) is 17.9 Å². The molecule has 0 spiro atoms. The minimum Gasteiger partial charge on any atom is -0.492 e. The fourth-order valence-corrected chi connectivity index (χ4v) is 2.14. The van der Waals surface area contributed by atoms with Crippen LogP contribution >= 0.6 is 0 Å². The Labute approximate surface area is 134 Å². The van der Waals surface area contributed by atoms with Crippen molar-refractivity contribution < 1.29 is 14.5 Å². The van der Waals surface area contributed by atoms with Gasteiger partial charge >= 0.3 is 0 Å². The van der Waals surface area contributed by atoms with Crippen LogP contribution in [0.1, 0.15) is 11.1 Å². The largest absolute Gasteiger partial charge is 0.492 e. The highest BCUT2D eigenvalue weighted by molar-refractivity contribution is 5.79. The summed E-state index contributed by atoms with van der Waals surface area (Å²) >= 11 is 0. The number of nitrogens with one attached hydrogen (secondary N) is 1. The summed E-state index contributed by atoms with van der Waals surface area (Å²) in [6.45, 7) is 2.65. The van der Waals surface area contributed by atoms with Gasteiger partial charge < -0.3 is 10.1 Å². The third-order valence-electron chi connectivity index (χ3n) is 3.22. The molecule has 0 fully saturated rings. The fourth-order valence-electron chi connectivity index (χ4n) is 2.14. The normalized spacial score (nSPS) is 10.1. The summed E-state index contributed by atoms with van der Waals surface area (Å²) in [5, 5.41) is 13.6. The van der Waals surface area contributed by atoms with Crippen molar-refractivity contribution in [3.05, 3.63) is 69.8 Å². The molecular formula is C17H18N2O4. The first-order valence-corrected chi connectivity index (χ1v) is 7.25. The molecule has 6 heteroatoms. The van der Waals surface area contributed by atoms with Crippen LogP contribution in [0.4, 0.5) is 5.69 Å². The Bertz CT molecular complexity index is 700. The zero-order valence-corrected chi connectivity index (χ0v) is 12.8. The number of carbonyl (C=O) groups is 1. The van der Waals surface area contributed by atoms with Crippen molar-refractivity contribution in [1.82, 2.24) is 5.32 Å². The third-order valence-corrected chi connectivity index (χ3v) is 3.22. The number of ether oxygens (including phenoxy) is 1. The summed E-state index contributed by atoms with van der Waals surface area (Å²) in [5.41, 5.74) is 1.45. The zero-order chi connectivity index (χ0) is 16.7. The van der Waals surface area contributed by atoms with E-state index in [-0.39, 0.29) is 18.0 Å². The van der Waals surface area contributed by atoms with Crippen molar-refractivity contribution >= 4 is 11.6 Å². The van der Waals surface area contributed by atoms with Gasteiger partial charge in [-0.3, -0.25) is 14.9 Å². The molecule has 120 valence electrons. The molecule has 1 N–H and O–H groups in total. The number of nitro benzene ring substituents is 1. The van der Waals surface area contributed by atoms with E-state index in [9.17, 15) is 14.9 Å². The maximum absolute atomic E-state index is 11.9. The second kappa shape index (κ2) is 7.93. The molecule has 0 aliphatic carbocycles. The molecule has 2 rings (SSSR count). The summed E-state index contributed by atoms with van der Waals surface area (Å²) in [7, 11) is 0. The molecule has 0 aromatic heterocycles. The quantitative estimate of drug-likeness (QED) is 0.484. The number of amides is 1. The molecule has 0 aliphatic rings. The monoisotopic (exact) mass is 314 g/mol. The Morgan fingerprint density at radius 3 is 2.74 bits per heavy atom. The van der Waals surface area contributed by atoms with Gasteiger partial charge in [-0.2, -0.15) is 0 Å².